The molecule has 3 nitrogen and oxygen atoms in total. The molecule has 0 spiro atoms. The molecular weight excluding hydrogens is 372 g/mol. The highest BCUT2D eigenvalue weighted by Gasteiger charge is 2.06. The van der Waals surface area contributed by atoms with Crippen molar-refractivity contribution in [2.24, 2.45) is 0 Å². The summed E-state index contributed by atoms with van der Waals surface area (Å²) in [6.07, 6.45) is 0. The van der Waals surface area contributed by atoms with E-state index in [0.717, 1.165) is 15.9 Å². The zero-order valence-electron chi connectivity index (χ0n) is 13.5. The van der Waals surface area contributed by atoms with Crippen LogP contribution in [-0.4, -0.2) is 17.8 Å². The Balaban J connectivity index is 1.79. The first-order valence-electron chi connectivity index (χ1n) is 7.47. The summed E-state index contributed by atoms with van der Waals surface area (Å²) in [6, 6.07) is 14.1. The predicted molar refractivity (Wildman–Crippen MR) is 104 cm³/mol. The second-order valence-electron chi connectivity index (χ2n) is 5.56. The van der Waals surface area contributed by atoms with Crippen molar-refractivity contribution in [1.82, 2.24) is 5.32 Å². The second kappa shape index (κ2) is 8.31. The number of benzene rings is 2. The van der Waals surface area contributed by atoms with Crippen LogP contribution in [0.15, 0.2) is 46.9 Å². The Bertz CT molecular complexity index is 673. The zero-order valence-corrected chi connectivity index (χ0v) is 15.9. The van der Waals surface area contributed by atoms with Crippen molar-refractivity contribution in [2.75, 3.05) is 11.9 Å². The van der Waals surface area contributed by atoms with Crippen molar-refractivity contribution in [3.05, 3.63) is 58.1 Å². The van der Waals surface area contributed by atoms with Gasteiger partial charge in [-0.3, -0.25) is 0 Å². The molecule has 0 aromatic heterocycles. The molecule has 2 aromatic rings. The summed E-state index contributed by atoms with van der Waals surface area (Å²) in [7, 11) is 0. The Kier molecular flexibility index (Phi) is 6.42. The molecule has 2 aromatic carbocycles. The lowest BCUT2D eigenvalue weighted by Crippen LogP contribution is -2.39. The van der Waals surface area contributed by atoms with Crippen molar-refractivity contribution in [1.29, 1.82) is 0 Å². The van der Waals surface area contributed by atoms with Crippen LogP contribution in [0.2, 0.25) is 0 Å². The lowest BCUT2D eigenvalue weighted by molar-refractivity contribution is 0.287. The molecule has 0 amide bonds. The number of aryl methyl sites for hydroxylation is 2. The number of halogens is 1. The fourth-order valence-electron chi connectivity index (χ4n) is 1.99. The second-order valence-corrected chi connectivity index (χ2v) is 6.89. The van der Waals surface area contributed by atoms with Gasteiger partial charge in [0.05, 0.1) is 6.04 Å². The van der Waals surface area contributed by atoms with Gasteiger partial charge in [-0.05, 0) is 80.5 Å². The Hall–Kier alpha value is -1.59. The highest BCUT2D eigenvalue weighted by Crippen LogP contribution is 2.17. The highest BCUT2D eigenvalue weighted by molar-refractivity contribution is 9.10. The Labute approximate surface area is 151 Å². The van der Waals surface area contributed by atoms with E-state index in [2.05, 4.69) is 52.5 Å². The molecule has 0 fully saturated rings. The van der Waals surface area contributed by atoms with E-state index < -0.39 is 0 Å². The minimum atomic E-state index is 0.104. The summed E-state index contributed by atoms with van der Waals surface area (Å²) in [5, 5.41) is 6.97. The molecule has 0 aliphatic rings. The zero-order chi connectivity index (χ0) is 16.8. The summed E-state index contributed by atoms with van der Waals surface area (Å²) in [6.45, 7) is 6.76. The molecule has 0 saturated carbocycles. The largest absolute Gasteiger partial charge is 0.491 e. The van der Waals surface area contributed by atoms with E-state index in [1.807, 2.05) is 37.3 Å². The average molecular weight is 393 g/mol. The molecular formula is C18H21BrN2OS. The minimum Gasteiger partial charge on any atom is -0.491 e. The summed E-state index contributed by atoms with van der Waals surface area (Å²) < 4.78 is 6.85. The van der Waals surface area contributed by atoms with Gasteiger partial charge >= 0.3 is 0 Å². The molecule has 2 rings (SSSR count). The monoisotopic (exact) mass is 392 g/mol. The third kappa shape index (κ3) is 5.84. The standard InChI is InChI=1S/C18H21BrN2OS/c1-12-4-9-17(10-13(12)2)22-11-14(3)20-18(23)21-16-7-5-15(19)6-8-16/h4-10,14H,11H2,1-3H3,(H2,20,21,23)/t14-/m0/s1. The smallest absolute Gasteiger partial charge is 0.171 e. The summed E-state index contributed by atoms with van der Waals surface area (Å²) >= 11 is 8.74. The molecule has 122 valence electrons. The molecule has 1 atom stereocenters. The van der Waals surface area contributed by atoms with E-state index in [1.165, 1.54) is 11.1 Å². The van der Waals surface area contributed by atoms with Crippen molar-refractivity contribution in [3.63, 3.8) is 0 Å². The van der Waals surface area contributed by atoms with Crippen molar-refractivity contribution in [3.8, 4) is 5.75 Å². The number of hydrogen-bond acceptors (Lipinski definition) is 2. The van der Waals surface area contributed by atoms with Crippen LogP contribution in [0, 0.1) is 13.8 Å². The number of ether oxygens (including phenoxy) is 1. The Morgan fingerprint density at radius 1 is 1.13 bits per heavy atom. The quantitative estimate of drug-likeness (QED) is 0.714. The number of thiocarbonyl (C=S) groups is 1. The van der Waals surface area contributed by atoms with Gasteiger partial charge in [0.15, 0.2) is 5.11 Å². The van der Waals surface area contributed by atoms with E-state index >= 15 is 0 Å². The van der Waals surface area contributed by atoms with E-state index in [9.17, 15) is 0 Å². The van der Waals surface area contributed by atoms with Crippen molar-refractivity contribution in [2.45, 2.75) is 26.8 Å². The van der Waals surface area contributed by atoms with Gasteiger partial charge in [-0.1, -0.05) is 22.0 Å². The van der Waals surface area contributed by atoms with Gasteiger partial charge < -0.3 is 15.4 Å². The summed E-state index contributed by atoms with van der Waals surface area (Å²) in [5.41, 5.74) is 3.45. The molecule has 2 N–H and O–H groups in total. The van der Waals surface area contributed by atoms with E-state index in [0.29, 0.717) is 11.7 Å². The lowest BCUT2D eigenvalue weighted by Gasteiger charge is -2.18. The first-order chi connectivity index (χ1) is 10.9. The van der Waals surface area contributed by atoms with Gasteiger partial charge in [0.2, 0.25) is 0 Å². The normalized spacial score (nSPS) is 11.7. The van der Waals surface area contributed by atoms with Gasteiger partial charge in [0, 0.05) is 10.2 Å². The lowest BCUT2D eigenvalue weighted by atomic mass is 10.1. The van der Waals surface area contributed by atoms with Crippen LogP contribution in [0.4, 0.5) is 5.69 Å². The Morgan fingerprint density at radius 3 is 2.48 bits per heavy atom. The number of anilines is 1. The Morgan fingerprint density at radius 2 is 1.83 bits per heavy atom. The maximum absolute atomic E-state index is 5.81. The van der Waals surface area contributed by atoms with Crippen molar-refractivity contribution >= 4 is 38.9 Å². The third-order valence-corrected chi connectivity index (χ3v) is 4.21. The van der Waals surface area contributed by atoms with Gasteiger partial charge in [0.1, 0.15) is 12.4 Å². The number of hydrogen-bond donors (Lipinski definition) is 2. The van der Waals surface area contributed by atoms with Gasteiger partial charge in [-0.15, -0.1) is 0 Å². The topological polar surface area (TPSA) is 33.3 Å². The average Bonchev–Trinajstić information content (AvgIpc) is 2.51. The van der Waals surface area contributed by atoms with Crippen LogP contribution < -0.4 is 15.4 Å². The molecule has 0 unspecified atom stereocenters. The van der Waals surface area contributed by atoms with Crippen LogP contribution in [0.5, 0.6) is 5.75 Å². The van der Waals surface area contributed by atoms with Crippen LogP contribution >= 0.6 is 28.1 Å². The van der Waals surface area contributed by atoms with Gasteiger partial charge in [-0.2, -0.15) is 0 Å². The minimum absolute atomic E-state index is 0.104. The number of rotatable bonds is 5. The van der Waals surface area contributed by atoms with Crippen LogP contribution in [0.1, 0.15) is 18.1 Å². The van der Waals surface area contributed by atoms with E-state index in [1.54, 1.807) is 0 Å². The molecule has 5 heteroatoms. The molecule has 0 aliphatic carbocycles. The van der Waals surface area contributed by atoms with E-state index in [-0.39, 0.29) is 6.04 Å². The van der Waals surface area contributed by atoms with Crippen LogP contribution in [-0.2, 0) is 0 Å². The van der Waals surface area contributed by atoms with Crippen molar-refractivity contribution < 1.29 is 4.74 Å². The van der Waals surface area contributed by atoms with Crippen LogP contribution in [0.25, 0.3) is 0 Å². The predicted octanol–water partition coefficient (Wildman–Crippen LogP) is 4.82. The molecule has 0 saturated heterocycles. The maximum Gasteiger partial charge on any atom is 0.171 e. The third-order valence-electron chi connectivity index (χ3n) is 3.46. The van der Waals surface area contributed by atoms with Gasteiger partial charge in [-0.25, -0.2) is 0 Å². The van der Waals surface area contributed by atoms with Gasteiger partial charge in [0.25, 0.3) is 0 Å². The SMILES string of the molecule is Cc1ccc(OC[C@H](C)NC(=S)Nc2ccc(Br)cc2)cc1C. The highest BCUT2D eigenvalue weighted by atomic mass is 79.9. The molecule has 0 heterocycles. The van der Waals surface area contributed by atoms with E-state index in [4.69, 9.17) is 17.0 Å². The molecule has 0 aliphatic heterocycles. The first-order valence-corrected chi connectivity index (χ1v) is 8.67. The van der Waals surface area contributed by atoms with Crippen LogP contribution in [0.3, 0.4) is 0 Å². The summed E-state index contributed by atoms with van der Waals surface area (Å²) in [4.78, 5) is 0. The number of nitrogens with one attached hydrogen (secondary N) is 2. The molecule has 23 heavy (non-hydrogen) atoms. The first kappa shape index (κ1) is 17.8. The fourth-order valence-corrected chi connectivity index (χ4v) is 2.57. The summed E-state index contributed by atoms with van der Waals surface area (Å²) in [5.74, 6) is 0.883. The molecule has 0 radical (unpaired) electrons. The maximum atomic E-state index is 5.81. The molecule has 0 bridgehead atoms. The fraction of sp³-hybridized carbons (Fsp3) is 0.278.